The van der Waals surface area contributed by atoms with E-state index in [0.29, 0.717) is 6.54 Å². The first-order chi connectivity index (χ1) is 5.72. The van der Waals surface area contributed by atoms with E-state index in [1.807, 2.05) is 0 Å². The van der Waals surface area contributed by atoms with Crippen LogP contribution in [0.4, 0.5) is 8.78 Å². The standard InChI is InChI=1S/C8H15F2NO/c1-12-7-3-2-4-11(5-7)6-8(9)10/h7-8H,2-6H2,1H3. The Morgan fingerprint density at radius 3 is 2.92 bits per heavy atom. The van der Waals surface area contributed by atoms with Gasteiger partial charge in [0, 0.05) is 13.7 Å². The summed E-state index contributed by atoms with van der Waals surface area (Å²) in [4.78, 5) is 1.77. The van der Waals surface area contributed by atoms with Gasteiger partial charge in [0.25, 0.3) is 6.43 Å². The molecule has 0 aromatic rings. The van der Waals surface area contributed by atoms with Crippen LogP contribution in [0.2, 0.25) is 0 Å². The molecule has 2 nitrogen and oxygen atoms in total. The SMILES string of the molecule is COC1CCCN(CC(F)F)C1. The topological polar surface area (TPSA) is 12.5 Å². The molecule has 0 aliphatic carbocycles. The van der Waals surface area contributed by atoms with Crippen molar-refractivity contribution in [2.24, 2.45) is 0 Å². The second-order valence-electron chi connectivity index (χ2n) is 3.15. The number of hydrogen-bond acceptors (Lipinski definition) is 2. The highest BCUT2D eigenvalue weighted by molar-refractivity contribution is 4.73. The van der Waals surface area contributed by atoms with Gasteiger partial charge in [-0.2, -0.15) is 0 Å². The molecule has 1 fully saturated rings. The molecule has 72 valence electrons. The van der Waals surface area contributed by atoms with E-state index < -0.39 is 6.43 Å². The normalized spacial score (nSPS) is 26.5. The van der Waals surface area contributed by atoms with E-state index in [1.165, 1.54) is 0 Å². The van der Waals surface area contributed by atoms with Crippen molar-refractivity contribution in [3.63, 3.8) is 0 Å². The first kappa shape index (κ1) is 9.86. The van der Waals surface area contributed by atoms with Crippen LogP contribution in [-0.2, 0) is 4.74 Å². The molecule has 0 saturated carbocycles. The molecule has 0 N–H and O–H groups in total. The summed E-state index contributed by atoms with van der Waals surface area (Å²) < 4.78 is 29.1. The minimum atomic E-state index is -2.22. The Labute approximate surface area is 71.5 Å². The second kappa shape index (κ2) is 4.72. The van der Waals surface area contributed by atoms with Crippen molar-refractivity contribution >= 4 is 0 Å². The van der Waals surface area contributed by atoms with Crippen molar-refractivity contribution in [1.29, 1.82) is 0 Å². The number of rotatable bonds is 3. The van der Waals surface area contributed by atoms with Crippen LogP contribution in [0.15, 0.2) is 0 Å². The van der Waals surface area contributed by atoms with E-state index in [-0.39, 0.29) is 12.6 Å². The van der Waals surface area contributed by atoms with Crippen molar-refractivity contribution in [1.82, 2.24) is 4.90 Å². The van der Waals surface area contributed by atoms with Crippen LogP contribution in [0.25, 0.3) is 0 Å². The van der Waals surface area contributed by atoms with Crippen LogP contribution in [0.3, 0.4) is 0 Å². The van der Waals surface area contributed by atoms with Gasteiger partial charge in [-0.15, -0.1) is 0 Å². The third-order valence-electron chi connectivity index (χ3n) is 2.19. The van der Waals surface area contributed by atoms with E-state index in [9.17, 15) is 8.78 Å². The number of piperidine rings is 1. The lowest BCUT2D eigenvalue weighted by atomic mass is 10.1. The number of ether oxygens (including phenoxy) is 1. The fraction of sp³-hybridized carbons (Fsp3) is 1.00. The molecule has 1 rings (SSSR count). The van der Waals surface area contributed by atoms with Gasteiger partial charge >= 0.3 is 0 Å². The van der Waals surface area contributed by atoms with Gasteiger partial charge in [-0.05, 0) is 19.4 Å². The first-order valence-electron chi connectivity index (χ1n) is 4.25. The van der Waals surface area contributed by atoms with Crippen LogP contribution in [0, 0.1) is 0 Å². The molecule has 4 heteroatoms. The fourth-order valence-electron chi connectivity index (χ4n) is 1.57. The van der Waals surface area contributed by atoms with Crippen molar-refractivity contribution in [3.05, 3.63) is 0 Å². The summed E-state index contributed by atoms with van der Waals surface area (Å²) in [5.74, 6) is 0. The third kappa shape index (κ3) is 3.03. The number of halogens is 2. The number of alkyl halides is 2. The zero-order valence-corrected chi connectivity index (χ0v) is 7.30. The van der Waals surface area contributed by atoms with E-state index in [2.05, 4.69) is 0 Å². The summed E-state index contributed by atoms with van der Waals surface area (Å²) >= 11 is 0. The Hall–Kier alpha value is -0.220. The molecule has 0 radical (unpaired) electrons. The maximum Gasteiger partial charge on any atom is 0.251 e. The molecule has 1 atom stereocenters. The van der Waals surface area contributed by atoms with Crippen molar-refractivity contribution in [2.75, 3.05) is 26.7 Å². The number of methoxy groups -OCH3 is 1. The quantitative estimate of drug-likeness (QED) is 0.648. The molecular weight excluding hydrogens is 164 g/mol. The van der Waals surface area contributed by atoms with Gasteiger partial charge in [0.1, 0.15) is 0 Å². The van der Waals surface area contributed by atoms with Gasteiger partial charge in [-0.3, -0.25) is 4.90 Å². The maximum atomic E-state index is 12.0. The molecule has 0 bridgehead atoms. The summed E-state index contributed by atoms with van der Waals surface area (Å²) in [6.45, 7) is 1.32. The number of hydrogen-bond donors (Lipinski definition) is 0. The molecule has 0 amide bonds. The lowest BCUT2D eigenvalue weighted by Gasteiger charge is -2.31. The Morgan fingerprint density at radius 2 is 2.33 bits per heavy atom. The molecule has 1 saturated heterocycles. The molecule has 0 aromatic carbocycles. The lowest BCUT2D eigenvalue weighted by molar-refractivity contribution is 0.00632. The van der Waals surface area contributed by atoms with Crippen LogP contribution in [0.1, 0.15) is 12.8 Å². The summed E-state index contributed by atoms with van der Waals surface area (Å²) in [6, 6.07) is 0. The highest BCUT2D eigenvalue weighted by atomic mass is 19.3. The molecule has 1 aliphatic heterocycles. The van der Waals surface area contributed by atoms with E-state index in [4.69, 9.17) is 4.74 Å². The number of nitrogens with zero attached hydrogens (tertiary/aromatic N) is 1. The average Bonchev–Trinajstić information content (AvgIpc) is 2.03. The number of likely N-dealkylation sites (tertiary alicyclic amines) is 1. The maximum absolute atomic E-state index is 12.0. The van der Waals surface area contributed by atoms with Crippen LogP contribution >= 0.6 is 0 Å². The Kier molecular flexibility index (Phi) is 3.88. The molecular formula is C8H15F2NO. The van der Waals surface area contributed by atoms with Crippen molar-refractivity contribution in [3.8, 4) is 0 Å². The van der Waals surface area contributed by atoms with Crippen LogP contribution in [-0.4, -0.2) is 44.2 Å². The molecule has 1 aliphatic rings. The van der Waals surface area contributed by atoms with E-state index >= 15 is 0 Å². The first-order valence-corrected chi connectivity index (χ1v) is 4.25. The zero-order chi connectivity index (χ0) is 8.97. The third-order valence-corrected chi connectivity index (χ3v) is 2.19. The summed E-state index contributed by atoms with van der Waals surface area (Å²) in [6.07, 6.45) is -0.111. The molecule has 1 heterocycles. The van der Waals surface area contributed by atoms with Gasteiger partial charge in [0.15, 0.2) is 0 Å². The molecule has 0 aromatic heterocycles. The molecule has 0 spiro atoms. The van der Waals surface area contributed by atoms with E-state index in [1.54, 1.807) is 12.0 Å². The van der Waals surface area contributed by atoms with Crippen LogP contribution in [0.5, 0.6) is 0 Å². The average molecular weight is 179 g/mol. The molecule has 1 unspecified atom stereocenters. The van der Waals surface area contributed by atoms with Gasteiger partial charge in [0.2, 0.25) is 0 Å². The largest absolute Gasteiger partial charge is 0.380 e. The smallest absolute Gasteiger partial charge is 0.251 e. The van der Waals surface area contributed by atoms with Gasteiger partial charge in [0.05, 0.1) is 12.6 Å². The fourth-order valence-corrected chi connectivity index (χ4v) is 1.57. The molecule has 12 heavy (non-hydrogen) atoms. The highest BCUT2D eigenvalue weighted by Gasteiger charge is 2.21. The Bertz CT molecular complexity index is 132. The second-order valence-corrected chi connectivity index (χ2v) is 3.15. The summed E-state index contributed by atoms with van der Waals surface area (Å²) in [5.41, 5.74) is 0. The summed E-state index contributed by atoms with van der Waals surface area (Å²) in [7, 11) is 1.64. The van der Waals surface area contributed by atoms with E-state index in [0.717, 1.165) is 19.4 Å². The highest BCUT2D eigenvalue weighted by Crippen LogP contribution is 2.13. The van der Waals surface area contributed by atoms with Gasteiger partial charge in [-0.1, -0.05) is 0 Å². The monoisotopic (exact) mass is 179 g/mol. The zero-order valence-electron chi connectivity index (χ0n) is 7.30. The Balaban J connectivity index is 2.25. The predicted octanol–water partition coefficient (Wildman–Crippen LogP) is 1.36. The minimum Gasteiger partial charge on any atom is -0.380 e. The Morgan fingerprint density at radius 1 is 1.58 bits per heavy atom. The van der Waals surface area contributed by atoms with Gasteiger partial charge in [-0.25, -0.2) is 8.78 Å². The predicted molar refractivity (Wildman–Crippen MR) is 42.5 cm³/mol. The van der Waals surface area contributed by atoms with Crippen LogP contribution < -0.4 is 0 Å². The van der Waals surface area contributed by atoms with Gasteiger partial charge < -0.3 is 4.74 Å². The minimum absolute atomic E-state index is 0.111. The van der Waals surface area contributed by atoms with Crippen molar-refractivity contribution in [2.45, 2.75) is 25.4 Å². The lowest BCUT2D eigenvalue weighted by Crippen LogP contribution is -2.41. The summed E-state index contributed by atoms with van der Waals surface area (Å²) in [5, 5.41) is 0. The van der Waals surface area contributed by atoms with Crippen molar-refractivity contribution < 1.29 is 13.5 Å².